The number of hydrogen-bond donors (Lipinski definition) is 2. The molecule has 1 aromatic rings. The first-order valence-corrected chi connectivity index (χ1v) is 6.95. The Hall–Kier alpha value is -1.35. The highest BCUT2D eigenvalue weighted by molar-refractivity contribution is 7.10. The number of carbonyl (C=O) groups is 1. The zero-order chi connectivity index (χ0) is 14.5. The molecule has 0 spiro atoms. The third kappa shape index (κ3) is 5.03. The number of nitrogens with zero attached hydrogens (tertiary/aromatic N) is 1. The van der Waals surface area contributed by atoms with Crippen molar-refractivity contribution in [2.24, 2.45) is 0 Å². The van der Waals surface area contributed by atoms with Crippen molar-refractivity contribution in [3.05, 3.63) is 21.9 Å². The minimum atomic E-state index is -0.915. The van der Waals surface area contributed by atoms with Crippen LogP contribution < -0.4 is 0 Å². The molecule has 5 heteroatoms. The number of aliphatic hydroxyl groups is 2. The summed E-state index contributed by atoms with van der Waals surface area (Å²) in [4.78, 5) is 14.6. The number of hydrogen-bond acceptors (Lipinski definition) is 4. The molecule has 0 aliphatic rings. The Kier molecular flexibility index (Phi) is 5.55. The average molecular weight is 281 g/mol. The summed E-state index contributed by atoms with van der Waals surface area (Å²) in [7, 11) is 0. The second kappa shape index (κ2) is 6.71. The molecule has 0 saturated heterocycles. The Morgan fingerprint density at radius 1 is 1.53 bits per heavy atom. The normalized spacial score (nSPS) is 10.8. The van der Waals surface area contributed by atoms with Gasteiger partial charge in [-0.2, -0.15) is 0 Å². The van der Waals surface area contributed by atoms with Gasteiger partial charge in [-0.15, -0.1) is 11.3 Å². The van der Waals surface area contributed by atoms with Gasteiger partial charge in [-0.05, 0) is 26.8 Å². The maximum atomic E-state index is 12.3. The number of aliphatic hydroxyl groups excluding tert-OH is 1. The summed E-state index contributed by atoms with van der Waals surface area (Å²) in [5, 5.41) is 20.2. The number of rotatable bonds is 4. The van der Waals surface area contributed by atoms with Crippen molar-refractivity contribution >= 4 is 17.2 Å². The lowest BCUT2D eigenvalue weighted by Gasteiger charge is -2.27. The maximum absolute atomic E-state index is 12.3. The van der Waals surface area contributed by atoms with Crippen LogP contribution in [0.3, 0.4) is 0 Å². The van der Waals surface area contributed by atoms with Crippen LogP contribution in [0.1, 0.15) is 36.0 Å². The fraction of sp³-hybridized carbons (Fsp3) is 0.500. The molecule has 0 aromatic carbocycles. The Morgan fingerprint density at radius 3 is 2.74 bits per heavy atom. The molecule has 0 saturated carbocycles. The van der Waals surface area contributed by atoms with Crippen molar-refractivity contribution in [1.29, 1.82) is 0 Å². The highest BCUT2D eigenvalue weighted by atomic mass is 32.1. The van der Waals surface area contributed by atoms with Gasteiger partial charge in [0.05, 0.1) is 16.0 Å². The fourth-order valence-electron chi connectivity index (χ4n) is 1.62. The number of amides is 1. The Bertz CT molecular complexity index is 491. The Morgan fingerprint density at radius 2 is 2.21 bits per heavy atom. The summed E-state index contributed by atoms with van der Waals surface area (Å²) in [5.41, 5.74) is -0.348. The van der Waals surface area contributed by atoms with Crippen molar-refractivity contribution < 1.29 is 15.0 Å². The molecule has 104 valence electrons. The van der Waals surface area contributed by atoms with E-state index in [-0.39, 0.29) is 19.1 Å². The molecular weight excluding hydrogens is 262 g/mol. The summed E-state index contributed by atoms with van der Waals surface area (Å²) in [6.07, 6.45) is 0. The summed E-state index contributed by atoms with van der Waals surface area (Å²) >= 11 is 1.37. The van der Waals surface area contributed by atoms with E-state index in [1.165, 1.54) is 11.3 Å². The van der Waals surface area contributed by atoms with Crippen LogP contribution in [0.25, 0.3) is 0 Å². The van der Waals surface area contributed by atoms with Crippen LogP contribution in [-0.2, 0) is 0 Å². The molecule has 0 aliphatic carbocycles. The minimum Gasteiger partial charge on any atom is -0.389 e. The van der Waals surface area contributed by atoms with Crippen LogP contribution in [0.15, 0.2) is 11.4 Å². The van der Waals surface area contributed by atoms with Gasteiger partial charge in [0.2, 0.25) is 0 Å². The molecule has 0 radical (unpaired) electrons. The highest BCUT2D eigenvalue weighted by Gasteiger charge is 2.22. The largest absolute Gasteiger partial charge is 0.389 e. The molecule has 0 fully saturated rings. The summed E-state index contributed by atoms with van der Waals surface area (Å²) < 4.78 is 0. The van der Waals surface area contributed by atoms with Crippen LogP contribution >= 0.6 is 11.3 Å². The van der Waals surface area contributed by atoms with E-state index >= 15 is 0 Å². The predicted octanol–water partition coefficient (Wildman–Crippen LogP) is 1.32. The van der Waals surface area contributed by atoms with Crippen molar-refractivity contribution in [3.63, 3.8) is 0 Å². The van der Waals surface area contributed by atoms with Crippen LogP contribution in [0.2, 0.25) is 0 Å². The lowest BCUT2D eigenvalue weighted by atomic mass is 10.1. The van der Waals surface area contributed by atoms with Crippen LogP contribution in [0.5, 0.6) is 0 Å². The van der Waals surface area contributed by atoms with E-state index in [2.05, 4.69) is 11.8 Å². The fourth-order valence-corrected chi connectivity index (χ4v) is 2.37. The van der Waals surface area contributed by atoms with Gasteiger partial charge < -0.3 is 15.1 Å². The van der Waals surface area contributed by atoms with Gasteiger partial charge in [0.1, 0.15) is 6.61 Å². The molecule has 0 unspecified atom stereocenters. The number of likely N-dealkylation sites (N-methyl/N-ethyl adjacent to an activating group) is 1. The van der Waals surface area contributed by atoms with Crippen LogP contribution in [0.4, 0.5) is 0 Å². The molecule has 0 aliphatic heterocycles. The van der Waals surface area contributed by atoms with E-state index in [9.17, 15) is 9.90 Å². The van der Waals surface area contributed by atoms with E-state index in [1.54, 1.807) is 30.2 Å². The predicted molar refractivity (Wildman–Crippen MR) is 76.2 cm³/mol. The molecule has 0 atom stereocenters. The van der Waals surface area contributed by atoms with Gasteiger partial charge in [-0.3, -0.25) is 4.79 Å². The van der Waals surface area contributed by atoms with Gasteiger partial charge in [0.15, 0.2) is 0 Å². The van der Waals surface area contributed by atoms with Gasteiger partial charge in [-0.1, -0.05) is 11.8 Å². The van der Waals surface area contributed by atoms with Crippen molar-refractivity contribution in [2.75, 3.05) is 19.7 Å². The Balaban J connectivity index is 2.83. The van der Waals surface area contributed by atoms with Crippen LogP contribution in [0, 0.1) is 11.8 Å². The number of carbonyl (C=O) groups excluding carboxylic acids is 1. The molecule has 2 N–H and O–H groups in total. The topological polar surface area (TPSA) is 60.8 Å². The molecule has 1 rings (SSSR count). The molecule has 0 bridgehead atoms. The van der Waals surface area contributed by atoms with Gasteiger partial charge in [0, 0.05) is 18.5 Å². The second-order valence-electron chi connectivity index (χ2n) is 4.79. The lowest BCUT2D eigenvalue weighted by Crippen LogP contribution is -2.42. The van der Waals surface area contributed by atoms with Gasteiger partial charge >= 0.3 is 0 Å². The van der Waals surface area contributed by atoms with E-state index in [0.717, 1.165) is 4.88 Å². The maximum Gasteiger partial charge on any atom is 0.254 e. The molecule has 19 heavy (non-hydrogen) atoms. The summed E-state index contributed by atoms with van der Waals surface area (Å²) in [6, 6.07) is 1.71. The van der Waals surface area contributed by atoms with Crippen molar-refractivity contribution in [1.82, 2.24) is 4.90 Å². The number of thiophene rings is 1. The standard InChI is InChI=1S/C14H19NO3S/c1-4-15(10-14(2,3)18)13(17)11-8-12(19-9-11)6-5-7-16/h8-9,16,18H,4,7,10H2,1-3H3. The van der Waals surface area contributed by atoms with E-state index in [4.69, 9.17) is 5.11 Å². The third-order valence-corrected chi connectivity index (χ3v) is 3.23. The molecule has 1 heterocycles. The van der Waals surface area contributed by atoms with E-state index in [0.29, 0.717) is 12.1 Å². The zero-order valence-electron chi connectivity index (χ0n) is 11.4. The lowest BCUT2D eigenvalue weighted by molar-refractivity contribution is 0.0315. The Labute approximate surface area is 117 Å². The zero-order valence-corrected chi connectivity index (χ0v) is 12.3. The molecule has 1 aromatic heterocycles. The van der Waals surface area contributed by atoms with E-state index < -0.39 is 5.60 Å². The monoisotopic (exact) mass is 281 g/mol. The molecule has 4 nitrogen and oxygen atoms in total. The first-order chi connectivity index (χ1) is 8.87. The first-order valence-electron chi connectivity index (χ1n) is 6.07. The van der Waals surface area contributed by atoms with Crippen molar-refractivity contribution in [2.45, 2.75) is 26.4 Å². The SMILES string of the molecule is CCN(CC(C)(C)O)C(=O)c1csc(C#CCO)c1. The summed E-state index contributed by atoms with van der Waals surface area (Å²) in [6.45, 7) is 5.86. The van der Waals surface area contributed by atoms with Gasteiger partial charge in [-0.25, -0.2) is 0 Å². The smallest absolute Gasteiger partial charge is 0.254 e. The third-order valence-electron chi connectivity index (χ3n) is 2.38. The second-order valence-corrected chi connectivity index (χ2v) is 5.70. The van der Waals surface area contributed by atoms with E-state index in [1.807, 2.05) is 6.92 Å². The minimum absolute atomic E-state index is 0.113. The van der Waals surface area contributed by atoms with Gasteiger partial charge in [0.25, 0.3) is 5.91 Å². The average Bonchev–Trinajstić information content (AvgIpc) is 2.80. The van der Waals surface area contributed by atoms with Crippen molar-refractivity contribution in [3.8, 4) is 11.8 Å². The van der Waals surface area contributed by atoms with Crippen LogP contribution in [-0.4, -0.2) is 46.3 Å². The molecular formula is C14H19NO3S. The highest BCUT2D eigenvalue weighted by Crippen LogP contribution is 2.17. The molecule has 1 amide bonds. The first kappa shape index (κ1) is 15.7. The quantitative estimate of drug-likeness (QED) is 0.818. The summed E-state index contributed by atoms with van der Waals surface area (Å²) in [5.74, 6) is 5.21.